The normalized spacial score (nSPS) is 10.1. The number of nitrogens with zero attached hydrogens (tertiary/aromatic N) is 2. The molecule has 0 atom stereocenters. The number of methoxy groups -OCH3 is 1. The first-order chi connectivity index (χ1) is 7.70. The molecule has 0 aliphatic carbocycles. The van der Waals surface area contributed by atoms with Gasteiger partial charge in [0.05, 0.1) is 12.1 Å². The summed E-state index contributed by atoms with van der Waals surface area (Å²) in [6.45, 7) is 0. The van der Waals surface area contributed by atoms with Crippen molar-refractivity contribution in [2.75, 3.05) is 7.11 Å². The fraction of sp³-hybridized carbons (Fsp3) is 0.100. The van der Waals surface area contributed by atoms with Gasteiger partial charge in [0, 0.05) is 24.2 Å². The lowest BCUT2D eigenvalue weighted by Gasteiger charge is -1.94. The molecule has 0 spiro atoms. The van der Waals surface area contributed by atoms with Gasteiger partial charge in [-0.1, -0.05) is 11.6 Å². The minimum Gasteiger partial charge on any atom is -0.464 e. The molecule has 0 aliphatic rings. The first-order valence-electron chi connectivity index (χ1n) is 4.45. The van der Waals surface area contributed by atoms with Crippen LogP contribution in [0.25, 0.3) is 11.4 Å². The summed E-state index contributed by atoms with van der Waals surface area (Å²) < 4.78 is 4.57. The molecule has 0 saturated heterocycles. The summed E-state index contributed by atoms with van der Waals surface area (Å²) >= 11 is 5.67. The number of hydrogen-bond donors (Lipinski definition) is 1. The molecule has 0 amide bonds. The largest absolute Gasteiger partial charge is 0.464 e. The average molecular weight is 238 g/mol. The molecule has 6 heteroatoms. The van der Waals surface area contributed by atoms with Crippen LogP contribution in [0.2, 0.25) is 5.02 Å². The van der Waals surface area contributed by atoms with Crippen LogP contribution in [0, 0.1) is 0 Å². The van der Waals surface area contributed by atoms with Crippen molar-refractivity contribution in [3.63, 3.8) is 0 Å². The molecule has 0 fully saturated rings. The number of carbonyl (C=O) groups excluding carboxylic acids is 1. The van der Waals surface area contributed by atoms with Gasteiger partial charge in [-0.15, -0.1) is 0 Å². The van der Waals surface area contributed by atoms with Crippen LogP contribution in [0.3, 0.4) is 0 Å². The van der Waals surface area contributed by atoms with Crippen molar-refractivity contribution in [1.82, 2.24) is 15.0 Å². The number of hydrogen-bond acceptors (Lipinski definition) is 4. The molecule has 2 aromatic rings. The molecule has 0 unspecified atom stereocenters. The Balaban J connectivity index is 2.31. The third kappa shape index (κ3) is 2.04. The number of nitrogens with one attached hydrogen (secondary N) is 1. The van der Waals surface area contributed by atoms with Crippen molar-refractivity contribution >= 4 is 17.6 Å². The van der Waals surface area contributed by atoms with E-state index in [1.807, 2.05) is 0 Å². The molecule has 0 bridgehead atoms. The number of aromatic nitrogens is 3. The zero-order valence-electron chi connectivity index (χ0n) is 8.40. The van der Waals surface area contributed by atoms with Crippen molar-refractivity contribution in [2.24, 2.45) is 0 Å². The third-order valence-corrected chi connectivity index (χ3v) is 2.16. The highest BCUT2D eigenvalue weighted by atomic mass is 35.5. The van der Waals surface area contributed by atoms with Crippen molar-refractivity contribution in [3.05, 3.63) is 35.4 Å². The van der Waals surface area contributed by atoms with Gasteiger partial charge in [0.1, 0.15) is 5.69 Å². The molecule has 0 radical (unpaired) electrons. The highest BCUT2D eigenvalue weighted by Gasteiger charge is 2.10. The van der Waals surface area contributed by atoms with Gasteiger partial charge in [0.15, 0.2) is 5.82 Å². The smallest absolute Gasteiger partial charge is 0.354 e. The Morgan fingerprint density at radius 1 is 1.44 bits per heavy atom. The summed E-state index contributed by atoms with van der Waals surface area (Å²) in [5, 5.41) is 0.465. The van der Waals surface area contributed by atoms with Crippen molar-refractivity contribution in [2.45, 2.75) is 0 Å². The predicted molar refractivity (Wildman–Crippen MR) is 58.2 cm³/mol. The highest BCUT2D eigenvalue weighted by molar-refractivity contribution is 6.30. The number of H-pyrrole nitrogens is 1. The number of rotatable bonds is 2. The second-order valence-corrected chi connectivity index (χ2v) is 3.45. The molecule has 2 aromatic heterocycles. The number of carbonyl (C=O) groups is 1. The van der Waals surface area contributed by atoms with Gasteiger partial charge in [0.25, 0.3) is 0 Å². The maximum Gasteiger partial charge on any atom is 0.354 e. The minimum atomic E-state index is -0.430. The van der Waals surface area contributed by atoms with E-state index in [0.717, 1.165) is 0 Å². The summed E-state index contributed by atoms with van der Waals surface area (Å²) in [5.74, 6) is 0.0658. The van der Waals surface area contributed by atoms with Crippen molar-refractivity contribution in [3.8, 4) is 11.4 Å². The van der Waals surface area contributed by atoms with E-state index in [-0.39, 0.29) is 0 Å². The molecular weight excluding hydrogens is 230 g/mol. The van der Waals surface area contributed by atoms with E-state index in [2.05, 4.69) is 19.7 Å². The van der Waals surface area contributed by atoms with Gasteiger partial charge in [-0.05, 0) is 6.07 Å². The third-order valence-electron chi connectivity index (χ3n) is 1.97. The zero-order valence-corrected chi connectivity index (χ0v) is 9.15. The van der Waals surface area contributed by atoms with E-state index in [9.17, 15) is 4.79 Å². The molecule has 0 saturated carbocycles. The van der Waals surface area contributed by atoms with Crippen LogP contribution in [0.4, 0.5) is 0 Å². The molecule has 82 valence electrons. The van der Waals surface area contributed by atoms with E-state index >= 15 is 0 Å². The molecule has 1 N–H and O–H groups in total. The van der Waals surface area contributed by atoms with Gasteiger partial charge in [0.2, 0.25) is 0 Å². The lowest BCUT2D eigenvalue weighted by molar-refractivity contribution is 0.0595. The summed E-state index contributed by atoms with van der Waals surface area (Å²) in [6.07, 6.45) is 4.62. The monoisotopic (exact) mass is 237 g/mol. The van der Waals surface area contributed by atoms with E-state index in [1.165, 1.54) is 19.5 Å². The standard InChI is InChI=1S/C10H8ClN3O2/c1-16-10(15)8-2-6(3-12-8)9-13-4-7(11)5-14-9/h2-5,12H,1H3. The van der Waals surface area contributed by atoms with Gasteiger partial charge < -0.3 is 9.72 Å². The second-order valence-electron chi connectivity index (χ2n) is 3.02. The Labute approximate surface area is 96.4 Å². The van der Waals surface area contributed by atoms with E-state index in [4.69, 9.17) is 11.6 Å². The highest BCUT2D eigenvalue weighted by Crippen LogP contribution is 2.17. The molecular formula is C10H8ClN3O2. The zero-order chi connectivity index (χ0) is 11.5. The van der Waals surface area contributed by atoms with E-state index in [0.29, 0.717) is 22.1 Å². The van der Waals surface area contributed by atoms with Crippen molar-refractivity contribution < 1.29 is 9.53 Å². The number of halogens is 1. The predicted octanol–water partition coefficient (Wildman–Crippen LogP) is 1.91. The van der Waals surface area contributed by atoms with Gasteiger partial charge in [-0.2, -0.15) is 0 Å². The van der Waals surface area contributed by atoms with E-state index < -0.39 is 5.97 Å². The molecule has 5 nitrogen and oxygen atoms in total. The summed E-state index contributed by atoms with van der Waals surface area (Å²) in [5.41, 5.74) is 1.06. The molecule has 2 rings (SSSR count). The molecule has 0 aliphatic heterocycles. The van der Waals surface area contributed by atoms with Crippen LogP contribution in [0.1, 0.15) is 10.5 Å². The van der Waals surface area contributed by atoms with Crippen LogP contribution in [-0.4, -0.2) is 28.0 Å². The first-order valence-corrected chi connectivity index (χ1v) is 4.83. The number of esters is 1. The number of aromatic amines is 1. The summed E-state index contributed by atoms with van der Waals surface area (Å²) in [7, 11) is 1.32. The fourth-order valence-corrected chi connectivity index (χ4v) is 1.31. The maximum atomic E-state index is 11.2. The lowest BCUT2D eigenvalue weighted by Crippen LogP contribution is -2.00. The van der Waals surface area contributed by atoms with Crippen molar-refractivity contribution in [1.29, 1.82) is 0 Å². The van der Waals surface area contributed by atoms with Gasteiger partial charge >= 0.3 is 5.97 Å². The lowest BCUT2D eigenvalue weighted by atomic mass is 10.3. The topological polar surface area (TPSA) is 67.9 Å². The Bertz CT molecular complexity index is 507. The SMILES string of the molecule is COC(=O)c1cc(-c2ncc(Cl)cn2)c[nH]1. The summed E-state index contributed by atoms with van der Waals surface area (Å²) in [4.78, 5) is 22.0. The van der Waals surface area contributed by atoms with Gasteiger partial charge in [-0.25, -0.2) is 14.8 Å². The van der Waals surface area contributed by atoms with Crippen LogP contribution in [0.5, 0.6) is 0 Å². The fourth-order valence-electron chi connectivity index (χ4n) is 1.21. The Morgan fingerprint density at radius 2 is 2.12 bits per heavy atom. The first kappa shape index (κ1) is 10.6. The van der Waals surface area contributed by atoms with Crippen LogP contribution in [-0.2, 0) is 4.74 Å². The second kappa shape index (κ2) is 4.32. The van der Waals surface area contributed by atoms with E-state index in [1.54, 1.807) is 12.3 Å². The molecule has 16 heavy (non-hydrogen) atoms. The Hall–Kier alpha value is -1.88. The maximum absolute atomic E-state index is 11.2. The Morgan fingerprint density at radius 3 is 2.75 bits per heavy atom. The van der Waals surface area contributed by atoms with Crippen LogP contribution >= 0.6 is 11.6 Å². The molecule has 2 heterocycles. The average Bonchev–Trinajstić information content (AvgIpc) is 2.78. The summed E-state index contributed by atoms with van der Waals surface area (Å²) in [6, 6.07) is 1.62. The number of ether oxygens (including phenoxy) is 1. The van der Waals surface area contributed by atoms with Crippen LogP contribution in [0.15, 0.2) is 24.7 Å². The minimum absolute atomic E-state index is 0.357. The Kier molecular flexibility index (Phi) is 2.87. The quantitative estimate of drug-likeness (QED) is 0.811. The van der Waals surface area contributed by atoms with Gasteiger partial charge in [-0.3, -0.25) is 0 Å². The molecule has 0 aromatic carbocycles. The van der Waals surface area contributed by atoms with Crippen LogP contribution < -0.4 is 0 Å².